The minimum Gasteiger partial charge on any atom is -0.480 e. The van der Waals surface area contributed by atoms with Gasteiger partial charge in [0.2, 0.25) is 5.91 Å². The molecule has 1 aliphatic carbocycles. The average molecular weight is 552 g/mol. The van der Waals surface area contributed by atoms with Gasteiger partial charge < -0.3 is 25.2 Å². The molecule has 0 bridgehead atoms. The SMILES string of the molecule is CC(C)(C)OC(=O)CN1CCC(C(=O)NC[C@H](NC(=O)OCC2c3ccccc3-c3ccccc32)C(=O)O)CC1. The molecule has 0 unspecified atom stereocenters. The van der Waals surface area contributed by atoms with E-state index in [2.05, 4.69) is 10.6 Å². The van der Waals surface area contributed by atoms with Crippen LogP contribution >= 0.6 is 0 Å². The maximum absolute atomic E-state index is 12.7. The fourth-order valence-corrected chi connectivity index (χ4v) is 5.24. The molecule has 2 aliphatic rings. The van der Waals surface area contributed by atoms with E-state index < -0.39 is 23.7 Å². The van der Waals surface area contributed by atoms with Crippen molar-refractivity contribution in [2.75, 3.05) is 32.8 Å². The fourth-order valence-electron chi connectivity index (χ4n) is 5.24. The number of alkyl carbamates (subject to hydrolysis) is 1. The number of benzene rings is 2. The van der Waals surface area contributed by atoms with Crippen LogP contribution < -0.4 is 10.6 Å². The van der Waals surface area contributed by atoms with Crippen LogP contribution in [0.15, 0.2) is 48.5 Å². The van der Waals surface area contributed by atoms with E-state index in [-0.39, 0.29) is 43.4 Å². The Morgan fingerprint density at radius 1 is 0.975 bits per heavy atom. The average Bonchev–Trinajstić information content (AvgIpc) is 3.22. The predicted octanol–water partition coefficient (Wildman–Crippen LogP) is 3.15. The molecule has 2 aromatic rings. The van der Waals surface area contributed by atoms with Gasteiger partial charge in [0.1, 0.15) is 18.2 Å². The maximum Gasteiger partial charge on any atom is 0.407 e. The lowest BCUT2D eigenvalue weighted by molar-refractivity contribution is -0.156. The Kier molecular flexibility index (Phi) is 9.09. The summed E-state index contributed by atoms with van der Waals surface area (Å²) in [5.74, 6) is -2.32. The second-order valence-electron chi connectivity index (χ2n) is 11.2. The lowest BCUT2D eigenvalue weighted by atomic mass is 9.96. The fraction of sp³-hybridized carbons (Fsp3) is 0.467. The molecule has 1 atom stereocenters. The number of carboxylic acid groups (broad SMARTS) is 1. The number of amides is 2. The topological polar surface area (TPSA) is 134 Å². The van der Waals surface area contributed by atoms with Gasteiger partial charge in [0.05, 0.1) is 6.54 Å². The Hall–Kier alpha value is -3.92. The number of ether oxygens (including phenoxy) is 2. The quantitative estimate of drug-likeness (QED) is 0.405. The number of carbonyl (C=O) groups is 4. The molecule has 214 valence electrons. The third kappa shape index (κ3) is 7.38. The largest absolute Gasteiger partial charge is 0.480 e. The molecule has 2 aromatic carbocycles. The Labute approximate surface area is 234 Å². The summed E-state index contributed by atoms with van der Waals surface area (Å²) in [4.78, 5) is 51.0. The van der Waals surface area contributed by atoms with E-state index in [9.17, 15) is 24.3 Å². The van der Waals surface area contributed by atoms with Gasteiger partial charge in [0.15, 0.2) is 0 Å². The smallest absolute Gasteiger partial charge is 0.407 e. The zero-order valence-corrected chi connectivity index (χ0v) is 23.1. The van der Waals surface area contributed by atoms with Gasteiger partial charge in [-0.1, -0.05) is 48.5 Å². The van der Waals surface area contributed by atoms with Crippen LogP contribution in [0.2, 0.25) is 0 Å². The molecule has 10 heteroatoms. The van der Waals surface area contributed by atoms with Crippen LogP contribution in [-0.2, 0) is 23.9 Å². The molecule has 1 fully saturated rings. The number of nitrogens with zero attached hydrogens (tertiary/aromatic N) is 1. The molecule has 10 nitrogen and oxygen atoms in total. The predicted molar refractivity (Wildman–Crippen MR) is 148 cm³/mol. The van der Waals surface area contributed by atoms with E-state index in [1.807, 2.05) is 74.2 Å². The zero-order valence-electron chi connectivity index (χ0n) is 23.1. The number of rotatable bonds is 9. The number of nitrogens with one attached hydrogen (secondary N) is 2. The first-order valence-corrected chi connectivity index (χ1v) is 13.6. The van der Waals surface area contributed by atoms with Crippen molar-refractivity contribution >= 4 is 23.9 Å². The van der Waals surface area contributed by atoms with Gasteiger partial charge in [-0.3, -0.25) is 14.5 Å². The number of piperidine rings is 1. The van der Waals surface area contributed by atoms with Gasteiger partial charge in [0, 0.05) is 18.4 Å². The summed E-state index contributed by atoms with van der Waals surface area (Å²) in [6.07, 6.45) is 0.206. The first-order chi connectivity index (χ1) is 19.0. The Morgan fingerprint density at radius 2 is 1.55 bits per heavy atom. The summed E-state index contributed by atoms with van der Waals surface area (Å²) >= 11 is 0. The summed E-state index contributed by atoms with van der Waals surface area (Å²) in [5.41, 5.74) is 3.73. The van der Waals surface area contributed by atoms with E-state index in [0.29, 0.717) is 25.9 Å². The van der Waals surface area contributed by atoms with Crippen molar-refractivity contribution in [2.24, 2.45) is 5.92 Å². The van der Waals surface area contributed by atoms with Gasteiger partial charge in [-0.05, 0) is 69.0 Å². The molecule has 0 saturated carbocycles. The Bertz CT molecular complexity index is 1200. The number of esters is 1. The maximum atomic E-state index is 12.7. The van der Waals surface area contributed by atoms with Gasteiger partial charge in [-0.15, -0.1) is 0 Å². The molecule has 0 aromatic heterocycles. The molecule has 3 N–H and O–H groups in total. The normalized spacial score (nSPS) is 16.4. The molecule has 2 amide bonds. The third-order valence-corrected chi connectivity index (χ3v) is 7.15. The molecule has 1 heterocycles. The minimum absolute atomic E-state index is 0.0560. The van der Waals surface area contributed by atoms with Gasteiger partial charge in [-0.25, -0.2) is 9.59 Å². The van der Waals surface area contributed by atoms with Crippen molar-refractivity contribution in [3.63, 3.8) is 0 Å². The number of hydrogen-bond acceptors (Lipinski definition) is 7. The van der Waals surface area contributed by atoms with Crippen LogP contribution in [0.5, 0.6) is 0 Å². The molecule has 0 spiro atoms. The molecule has 1 aliphatic heterocycles. The highest BCUT2D eigenvalue weighted by molar-refractivity contribution is 5.83. The highest BCUT2D eigenvalue weighted by Gasteiger charge is 2.31. The van der Waals surface area contributed by atoms with Crippen LogP contribution in [0.1, 0.15) is 50.7 Å². The molecule has 4 rings (SSSR count). The van der Waals surface area contributed by atoms with Crippen LogP contribution in [0, 0.1) is 5.92 Å². The third-order valence-electron chi connectivity index (χ3n) is 7.15. The van der Waals surface area contributed by atoms with E-state index >= 15 is 0 Å². The van der Waals surface area contributed by atoms with Gasteiger partial charge >= 0.3 is 18.0 Å². The summed E-state index contributed by atoms with van der Waals surface area (Å²) in [5, 5.41) is 14.6. The molecule has 40 heavy (non-hydrogen) atoms. The molecular formula is C30H37N3O7. The second kappa shape index (κ2) is 12.5. The number of aliphatic carboxylic acids is 1. The monoisotopic (exact) mass is 551 g/mol. The van der Waals surface area contributed by atoms with Gasteiger partial charge in [0.25, 0.3) is 0 Å². The van der Waals surface area contributed by atoms with Crippen molar-refractivity contribution in [3.8, 4) is 11.1 Å². The summed E-state index contributed by atoms with van der Waals surface area (Å²) in [7, 11) is 0. The van der Waals surface area contributed by atoms with E-state index in [1.165, 1.54) is 0 Å². The highest BCUT2D eigenvalue weighted by atomic mass is 16.6. The zero-order chi connectivity index (χ0) is 28.9. The number of hydrogen-bond donors (Lipinski definition) is 3. The van der Waals surface area contributed by atoms with Crippen molar-refractivity contribution in [1.82, 2.24) is 15.5 Å². The van der Waals surface area contributed by atoms with Gasteiger partial charge in [-0.2, -0.15) is 0 Å². The van der Waals surface area contributed by atoms with Crippen LogP contribution in [0.3, 0.4) is 0 Å². The standard InChI is InChI=1S/C30H37N3O7/c1-30(2,3)40-26(34)17-33-14-12-19(13-15-33)27(35)31-16-25(28(36)37)32-29(38)39-18-24-22-10-6-4-8-20(22)21-9-5-7-11-23(21)24/h4-11,19,24-25H,12-18H2,1-3H3,(H,31,35)(H,32,38)(H,36,37)/t25-/m0/s1. The first-order valence-electron chi connectivity index (χ1n) is 13.6. The van der Waals surface area contributed by atoms with Crippen LogP contribution in [0.4, 0.5) is 4.79 Å². The number of carboxylic acids is 1. The second-order valence-corrected chi connectivity index (χ2v) is 11.2. The number of fused-ring (bicyclic) bond motifs is 3. The van der Waals surface area contributed by atoms with Crippen LogP contribution in [0.25, 0.3) is 11.1 Å². The van der Waals surface area contributed by atoms with Crippen molar-refractivity contribution < 1.29 is 33.8 Å². The van der Waals surface area contributed by atoms with Crippen LogP contribution in [-0.4, -0.2) is 78.4 Å². The summed E-state index contributed by atoms with van der Waals surface area (Å²) in [6.45, 7) is 6.50. The molecule has 0 radical (unpaired) electrons. The molecule has 1 saturated heterocycles. The van der Waals surface area contributed by atoms with Crippen molar-refractivity contribution in [3.05, 3.63) is 59.7 Å². The van der Waals surface area contributed by atoms with E-state index in [0.717, 1.165) is 22.3 Å². The summed E-state index contributed by atoms with van der Waals surface area (Å²) < 4.78 is 10.8. The lowest BCUT2D eigenvalue weighted by Crippen LogP contribution is -2.50. The minimum atomic E-state index is -1.34. The van der Waals surface area contributed by atoms with E-state index in [1.54, 1.807) is 0 Å². The van der Waals surface area contributed by atoms with E-state index in [4.69, 9.17) is 9.47 Å². The Balaban J connectivity index is 1.23. The highest BCUT2D eigenvalue weighted by Crippen LogP contribution is 2.44. The van der Waals surface area contributed by atoms with Crippen molar-refractivity contribution in [2.45, 2.75) is 51.2 Å². The first kappa shape index (κ1) is 29.1. The summed E-state index contributed by atoms with van der Waals surface area (Å²) in [6, 6.07) is 14.5. The van der Waals surface area contributed by atoms with Crippen molar-refractivity contribution in [1.29, 1.82) is 0 Å². The lowest BCUT2D eigenvalue weighted by Gasteiger charge is -2.31. The number of carbonyl (C=O) groups excluding carboxylic acids is 3. The number of likely N-dealkylation sites (tertiary alicyclic amines) is 1. The Morgan fingerprint density at radius 3 is 2.10 bits per heavy atom. The molecular weight excluding hydrogens is 514 g/mol.